The van der Waals surface area contributed by atoms with Gasteiger partial charge in [-0.05, 0) is 12.1 Å². The van der Waals surface area contributed by atoms with Crippen LogP contribution in [0.15, 0.2) is 24.3 Å². The van der Waals surface area contributed by atoms with Crippen molar-refractivity contribution in [2.24, 2.45) is 5.73 Å². The molecule has 0 atom stereocenters. The van der Waals surface area contributed by atoms with E-state index in [0.29, 0.717) is 11.3 Å². The number of aliphatic carboxylic acids is 1. The molecule has 1 aromatic carbocycles. The molecule has 0 saturated carbocycles. The Morgan fingerprint density at radius 3 is 2.60 bits per heavy atom. The highest BCUT2D eigenvalue weighted by Crippen LogP contribution is 2.13. The Morgan fingerprint density at radius 1 is 1.33 bits per heavy atom. The number of anilines is 1. The van der Waals surface area contributed by atoms with Crippen molar-refractivity contribution in [2.75, 3.05) is 11.9 Å². The van der Waals surface area contributed by atoms with Crippen LogP contribution in [0.25, 0.3) is 0 Å². The summed E-state index contributed by atoms with van der Waals surface area (Å²) in [5, 5.41) is 13.0. The number of carboxylic acids is 1. The lowest BCUT2D eigenvalue weighted by atomic mass is 10.1. The number of para-hydroxylation sites is 1. The first-order valence-electron chi connectivity index (χ1n) is 4.44. The van der Waals surface area contributed by atoms with Gasteiger partial charge in [-0.3, -0.25) is 4.79 Å². The number of nitrogens with two attached hydrogens (primary N) is 1. The van der Waals surface area contributed by atoms with E-state index in [-0.39, 0.29) is 13.0 Å². The van der Waals surface area contributed by atoms with E-state index in [1.54, 1.807) is 24.3 Å². The number of nitrogens with one attached hydrogen (secondary N) is 1. The van der Waals surface area contributed by atoms with Crippen LogP contribution in [-0.4, -0.2) is 18.4 Å². The topological polar surface area (TPSA) is 95.2 Å². The maximum absolute atomic E-state index is 11.0. The first kappa shape index (κ1) is 11.0. The fourth-order valence-electron chi connectivity index (χ4n) is 1.15. The normalized spacial score (nSPS) is 9.60. The van der Waals surface area contributed by atoms with Crippen LogP contribution in [0, 0.1) is 0 Å². The molecule has 0 saturated heterocycles. The monoisotopic (exact) mass is 207 g/mol. The molecule has 1 amide bonds. The van der Waals surface area contributed by atoms with Crippen molar-refractivity contribution in [3.8, 4) is 0 Å². The van der Waals surface area contributed by atoms with E-state index in [1.807, 2.05) is 0 Å². The van der Waals surface area contributed by atoms with Crippen molar-refractivity contribution < 1.29 is 14.7 Å². The Hall–Kier alpha value is -2.04. The van der Waals surface area contributed by atoms with Crippen LogP contribution in [0.5, 0.6) is 0 Å². The molecule has 0 aromatic heterocycles. The summed E-state index contributed by atoms with van der Waals surface area (Å²) in [4.78, 5) is 21.1. The maximum atomic E-state index is 11.0. The van der Waals surface area contributed by atoms with Gasteiger partial charge in [0.1, 0.15) is 0 Å². The van der Waals surface area contributed by atoms with Gasteiger partial charge >= 0.3 is 0 Å². The largest absolute Gasteiger partial charge is 0.550 e. The van der Waals surface area contributed by atoms with E-state index in [9.17, 15) is 14.7 Å². The van der Waals surface area contributed by atoms with Crippen molar-refractivity contribution in [3.63, 3.8) is 0 Å². The van der Waals surface area contributed by atoms with E-state index < -0.39 is 11.9 Å². The van der Waals surface area contributed by atoms with Crippen LogP contribution in [0.1, 0.15) is 16.8 Å². The Balaban J connectivity index is 2.67. The van der Waals surface area contributed by atoms with E-state index in [0.717, 1.165) is 0 Å². The minimum absolute atomic E-state index is 0.118. The highest BCUT2D eigenvalue weighted by Gasteiger charge is 2.05. The van der Waals surface area contributed by atoms with Crippen LogP contribution < -0.4 is 16.2 Å². The number of carbonyl (C=O) groups is 2. The van der Waals surface area contributed by atoms with Crippen LogP contribution in [0.2, 0.25) is 0 Å². The molecule has 0 aliphatic heterocycles. The van der Waals surface area contributed by atoms with Gasteiger partial charge in [0.15, 0.2) is 0 Å². The van der Waals surface area contributed by atoms with Gasteiger partial charge in [0.05, 0.1) is 5.56 Å². The lowest BCUT2D eigenvalue weighted by Gasteiger charge is -2.09. The molecule has 0 bridgehead atoms. The summed E-state index contributed by atoms with van der Waals surface area (Å²) in [5.74, 6) is -1.69. The molecule has 0 radical (unpaired) electrons. The van der Waals surface area contributed by atoms with Crippen molar-refractivity contribution in [3.05, 3.63) is 29.8 Å². The molecule has 15 heavy (non-hydrogen) atoms. The molecular weight excluding hydrogens is 196 g/mol. The zero-order valence-corrected chi connectivity index (χ0v) is 8.03. The smallest absolute Gasteiger partial charge is 0.250 e. The SMILES string of the molecule is NC(=O)c1ccccc1NCCC(=O)[O-]. The Bertz CT molecular complexity index is 377. The van der Waals surface area contributed by atoms with Gasteiger partial charge in [-0.2, -0.15) is 0 Å². The molecule has 1 rings (SSSR count). The second-order valence-corrected chi connectivity index (χ2v) is 2.96. The zero-order valence-electron chi connectivity index (χ0n) is 8.03. The lowest BCUT2D eigenvalue weighted by molar-refractivity contribution is -0.305. The van der Waals surface area contributed by atoms with Gasteiger partial charge in [-0.15, -0.1) is 0 Å². The number of hydrogen-bond donors (Lipinski definition) is 2. The highest BCUT2D eigenvalue weighted by atomic mass is 16.4. The lowest BCUT2D eigenvalue weighted by Crippen LogP contribution is -2.25. The third-order valence-electron chi connectivity index (χ3n) is 1.84. The van der Waals surface area contributed by atoms with E-state index in [2.05, 4.69) is 5.32 Å². The summed E-state index contributed by atoms with van der Waals surface area (Å²) >= 11 is 0. The zero-order chi connectivity index (χ0) is 11.3. The third kappa shape index (κ3) is 3.30. The van der Waals surface area contributed by atoms with Crippen LogP contribution in [0.3, 0.4) is 0 Å². The summed E-state index contributed by atoms with van der Waals surface area (Å²) in [7, 11) is 0. The molecule has 0 aliphatic carbocycles. The highest BCUT2D eigenvalue weighted by molar-refractivity contribution is 5.98. The molecule has 3 N–H and O–H groups in total. The fourth-order valence-corrected chi connectivity index (χ4v) is 1.15. The average Bonchev–Trinajstić information content (AvgIpc) is 2.17. The third-order valence-corrected chi connectivity index (χ3v) is 1.84. The van der Waals surface area contributed by atoms with Crippen molar-refractivity contribution in [1.29, 1.82) is 0 Å². The van der Waals surface area contributed by atoms with Crippen molar-refractivity contribution in [2.45, 2.75) is 6.42 Å². The number of benzene rings is 1. The molecule has 0 heterocycles. The van der Waals surface area contributed by atoms with E-state index in [4.69, 9.17) is 5.73 Å². The fraction of sp³-hybridized carbons (Fsp3) is 0.200. The summed E-state index contributed by atoms with van der Waals surface area (Å²) in [6.07, 6.45) is -0.118. The first-order valence-corrected chi connectivity index (χ1v) is 4.44. The number of rotatable bonds is 5. The van der Waals surface area contributed by atoms with Gasteiger partial charge < -0.3 is 21.0 Å². The summed E-state index contributed by atoms with van der Waals surface area (Å²) in [5.41, 5.74) is 6.02. The molecule has 5 heteroatoms. The summed E-state index contributed by atoms with van der Waals surface area (Å²) in [6, 6.07) is 6.65. The standard InChI is InChI=1S/C10H12N2O3/c11-10(15)7-3-1-2-4-8(7)12-6-5-9(13)14/h1-4,12H,5-6H2,(H2,11,15)(H,13,14)/p-1. The minimum Gasteiger partial charge on any atom is -0.550 e. The number of primary amides is 1. The van der Waals surface area contributed by atoms with Crippen LogP contribution >= 0.6 is 0 Å². The Labute approximate surface area is 86.9 Å². The van der Waals surface area contributed by atoms with Crippen molar-refractivity contribution >= 4 is 17.6 Å². The maximum Gasteiger partial charge on any atom is 0.250 e. The van der Waals surface area contributed by atoms with Gasteiger partial charge in [-0.25, -0.2) is 0 Å². The molecule has 0 aliphatic rings. The molecule has 1 aromatic rings. The molecule has 80 valence electrons. The quantitative estimate of drug-likeness (QED) is 0.669. The molecule has 5 nitrogen and oxygen atoms in total. The van der Waals surface area contributed by atoms with E-state index in [1.165, 1.54) is 0 Å². The second-order valence-electron chi connectivity index (χ2n) is 2.96. The van der Waals surface area contributed by atoms with Crippen molar-refractivity contribution in [1.82, 2.24) is 0 Å². The minimum atomic E-state index is -1.14. The molecule has 0 fully saturated rings. The number of hydrogen-bond acceptors (Lipinski definition) is 4. The summed E-state index contributed by atoms with van der Waals surface area (Å²) in [6.45, 7) is 0.201. The predicted molar refractivity (Wildman–Crippen MR) is 53.1 cm³/mol. The number of amides is 1. The van der Waals surface area contributed by atoms with Gasteiger partial charge in [0.25, 0.3) is 5.91 Å². The number of carboxylic acid groups (broad SMARTS) is 1. The van der Waals surface area contributed by atoms with Crippen LogP contribution in [0.4, 0.5) is 5.69 Å². The molecular formula is C10H11N2O3-. The number of carbonyl (C=O) groups excluding carboxylic acids is 2. The van der Waals surface area contributed by atoms with E-state index >= 15 is 0 Å². The van der Waals surface area contributed by atoms with Crippen LogP contribution in [-0.2, 0) is 4.79 Å². The first-order chi connectivity index (χ1) is 7.11. The summed E-state index contributed by atoms with van der Waals surface area (Å²) < 4.78 is 0. The van der Waals surface area contributed by atoms with Gasteiger partial charge in [0, 0.05) is 24.6 Å². The Morgan fingerprint density at radius 2 is 2.00 bits per heavy atom. The Kier molecular flexibility index (Phi) is 3.68. The average molecular weight is 207 g/mol. The second kappa shape index (κ2) is 4.99. The molecule has 0 unspecified atom stereocenters. The predicted octanol–water partition coefficient (Wildman–Crippen LogP) is -0.663. The molecule has 0 spiro atoms. The van der Waals surface area contributed by atoms with Gasteiger partial charge in [0.2, 0.25) is 0 Å². The van der Waals surface area contributed by atoms with Gasteiger partial charge in [-0.1, -0.05) is 12.1 Å².